The van der Waals surface area contributed by atoms with Gasteiger partial charge in [0.15, 0.2) is 0 Å². The summed E-state index contributed by atoms with van der Waals surface area (Å²) in [4.78, 5) is 0. The van der Waals surface area contributed by atoms with Gasteiger partial charge in [-0.05, 0) is 0 Å². The Morgan fingerprint density at radius 1 is 1.00 bits per heavy atom. The summed E-state index contributed by atoms with van der Waals surface area (Å²) in [5.41, 5.74) is 2.49. The molecule has 0 rings (SSSR count). The second-order valence-electron chi connectivity index (χ2n) is 5.42. The number of rotatable bonds is 3. The molecule has 70 valence electrons. The van der Waals surface area contributed by atoms with Gasteiger partial charge in [0.25, 0.3) is 0 Å². The first-order chi connectivity index (χ1) is 5.17. The predicted octanol–water partition coefficient (Wildman–Crippen LogP) is 3.85. The van der Waals surface area contributed by atoms with Gasteiger partial charge in [-0.3, -0.25) is 0 Å². The van der Waals surface area contributed by atoms with E-state index >= 15 is 0 Å². The molecule has 0 aliphatic heterocycles. The van der Waals surface area contributed by atoms with Crippen LogP contribution in [0.3, 0.4) is 0 Å². The van der Waals surface area contributed by atoms with E-state index < -0.39 is 16.1 Å². The Morgan fingerprint density at radius 2 is 1.42 bits per heavy atom. The van der Waals surface area contributed by atoms with Gasteiger partial charge in [0.2, 0.25) is 0 Å². The molecule has 2 heteroatoms. The van der Waals surface area contributed by atoms with E-state index in [0.29, 0.717) is 0 Å². The highest BCUT2D eigenvalue weighted by atomic mass is 28.3. The molecule has 0 aliphatic carbocycles. The van der Waals surface area contributed by atoms with Gasteiger partial charge in [0.1, 0.15) is 0 Å². The fourth-order valence-corrected chi connectivity index (χ4v) is 5.74. The Bertz CT molecular complexity index is 189. The quantitative estimate of drug-likeness (QED) is 0.477. The Labute approximate surface area is 79.4 Å². The number of hydrogen-bond donors (Lipinski definition) is 0. The van der Waals surface area contributed by atoms with Crippen molar-refractivity contribution in [3.63, 3.8) is 0 Å². The molecule has 0 unspecified atom stereocenters. The zero-order valence-electron chi connectivity index (χ0n) is 9.36. The summed E-state index contributed by atoms with van der Waals surface area (Å²) in [5.74, 6) is 0. The average molecular weight is 198 g/mol. The third-order valence-electron chi connectivity index (χ3n) is 1.67. The molecule has 12 heavy (non-hydrogen) atoms. The Kier molecular flexibility index (Phi) is 3.72. The van der Waals surface area contributed by atoms with Crippen LogP contribution in [0.1, 0.15) is 0 Å². The third kappa shape index (κ3) is 4.72. The molecule has 0 nitrogen and oxygen atoms in total. The minimum atomic E-state index is -1.12. The highest BCUT2D eigenvalue weighted by molar-refractivity contribution is 6.88. The molecule has 0 heterocycles. The van der Waals surface area contributed by atoms with Crippen molar-refractivity contribution in [2.75, 3.05) is 0 Å². The van der Waals surface area contributed by atoms with Gasteiger partial charge in [-0.25, -0.2) is 0 Å². The first kappa shape index (κ1) is 11.9. The first-order valence-corrected chi connectivity index (χ1v) is 11.6. The monoisotopic (exact) mass is 198 g/mol. The molecule has 0 aromatic carbocycles. The van der Waals surface area contributed by atoms with E-state index in [1.807, 2.05) is 0 Å². The van der Waals surface area contributed by atoms with Crippen LogP contribution in [0.25, 0.3) is 0 Å². The van der Waals surface area contributed by atoms with Crippen LogP contribution < -0.4 is 0 Å². The molecule has 0 aliphatic rings. The van der Waals surface area contributed by atoms with Crippen molar-refractivity contribution in [3.05, 3.63) is 23.6 Å². The molecule has 0 radical (unpaired) electrons. The maximum absolute atomic E-state index is 3.90. The summed E-state index contributed by atoms with van der Waals surface area (Å²) in [5, 5.41) is 1.53. The van der Waals surface area contributed by atoms with E-state index in [2.05, 4.69) is 57.6 Å². The number of hydrogen-bond acceptors (Lipinski definition) is 0. The highest BCUT2D eigenvalue weighted by Crippen LogP contribution is 2.18. The smallest absolute Gasteiger partial charge is 0.0766 e. The van der Waals surface area contributed by atoms with Crippen LogP contribution in [0, 0.1) is 0 Å². The van der Waals surface area contributed by atoms with E-state index in [9.17, 15) is 0 Å². The van der Waals surface area contributed by atoms with Crippen molar-refractivity contribution in [2.24, 2.45) is 0 Å². The zero-order valence-corrected chi connectivity index (χ0v) is 11.4. The van der Waals surface area contributed by atoms with E-state index in [-0.39, 0.29) is 0 Å². The van der Waals surface area contributed by atoms with Crippen LogP contribution in [-0.4, -0.2) is 16.1 Å². The Morgan fingerprint density at radius 3 is 1.50 bits per heavy atom. The van der Waals surface area contributed by atoms with E-state index in [1.54, 1.807) is 0 Å². The minimum absolute atomic E-state index is 1.05. The SMILES string of the molecule is C=CC(=C[Si](C)(C)C)[Si](C)(C)C. The Balaban J connectivity index is 4.81. The van der Waals surface area contributed by atoms with Crippen LogP contribution in [0.15, 0.2) is 23.6 Å². The number of allylic oxidation sites excluding steroid dienone is 2. The van der Waals surface area contributed by atoms with Crippen molar-refractivity contribution >= 4 is 16.1 Å². The van der Waals surface area contributed by atoms with E-state index in [1.165, 1.54) is 5.20 Å². The fourth-order valence-electron chi connectivity index (χ4n) is 1.05. The van der Waals surface area contributed by atoms with Crippen molar-refractivity contribution in [3.8, 4) is 0 Å². The maximum Gasteiger partial charge on any atom is 0.0766 e. The first-order valence-electron chi connectivity index (χ1n) is 4.52. The zero-order chi connectivity index (χ0) is 9.99. The van der Waals surface area contributed by atoms with Crippen LogP contribution >= 0.6 is 0 Å². The molecule has 0 aromatic rings. The highest BCUT2D eigenvalue weighted by Gasteiger charge is 2.20. The summed E-state index contributed by atoms with van der Waals surface area (Å²) in [6.45, 7) is 18.1. The average Bonchev–Trinajstić information content (AvgIpc) is 1.78. The van der Waals surface area contributed by atoms with E-state index in [0.717, 1.165) is 0 Å². The van der Waals surface area contributed by atoms with Crippen molar-refractivity contribution < 1.29 is 0 Å². The molecule has 0 atom stereocenters. The van der Waals surface area contributed by atoms with Crippen molar-refractivity contribution in [1.82, 2.24) is 0 Å². The van der Waals surface area contributed by atoms with Crippen LogP contribution in [0.2, 0.25) is 39.3 Å². The van der Waals surface area contributed by atoms with Gasteiger partial charge in [-0.15, -0.1) is 0 Å². The van der Waals surface area contributed by atoms with Crippen molar-refractivity contribution in [1.29, 1.82) is 0 Å². The molecule has 0 aromatic heterocycles. The normalized spacial score (nSPS) is 14.7. The Hall–Kier alpha value is -0.0862. The molecular weight excluding hydrogens is 176 g/mol. The van der Waals surface area contributed by atoms with Gasteiger partial charge in [-0.1, -0.05) is 62.8 Å². The molecule has 0 spiro atoms. The van der Waals surface area contributed by atoms with Gasteiger partial charge in [-0.2, -0.15) is 0 Å². The van der Waals surface area contributed by atoms with Gasteiger partial charge in [0, 0.05) is 0 Å². The summed E-state index contributed by atoms with van der Waals surface area (Å²) in [6, 6.07) is 0. The lowest BCUT2D eigenvalue weighted by molar-refractivity contribution is 1.64. The van der Waals surface area contributed by atoms with Crippen LogP contribution in [0.4, 0.5) is 0 Å². The van der Waals surface area contributed by atoms with Crippen LogP contribution in [0.5, 0.6) is 0 Å². The lowest BCUT2D eigenvalue weighted by Gasteiger charge is -2.21. The summed E-state index contributed by atoms with van der Waals surface area (Å²) in [6.07, 6.45) is 2.06. The molecule has 0 fully saturated rings. The second kappa shape index (κ2) is 3.75. The minimum Gasteiger partial charge on any atom is -0.0992 e. The second-order valence-corrected chi connectivity index (χ2v) is 15.5. The predicted molar refractivity (Wildman–Crippen MR) is 65.0 cm³/mol. The van der Waals surface area contributed by atoms with Gasteiger partial charge in [0.05, 0.1) is 16.1 Å². The molecular formula is C10H22Si2. The fraction of sp³-hybridized carbons (Fsp3) is 0.600. The summed E-state index contributed by atoms with van der Waals surface area (Å²) < 4.78 is 0. The largest absolute Gasteiger partial charge is 0.0992 e. The molecule has 0 N–H and O–H groups in total. The lowest BCUT2D eigenvalue weighted by atomic mass is 10.6. The standard InChI is InChI=1S/C10H22Si2/c1-8-10(12(5,6)7)9-11(2,3)4/h8-9H,1H2,2-7H3. The van der Waals surface area contributed by atoms with Gasteiger partial charge < -0.3 is 0 Å². The summed E-state index contributed by atoms with van der Waals surface area (Å²) >= 11 is 0. The lowest BCUT2D eigenvalue weighted by Crippen LogP contribution is -2.27. The summed E-state index contributed by atoms with van der Waals surface area (Å²) in [7, 11) is -2.17. The van der Waals surface area contributed by atoms with Crippen LogP contribution in [-0.2, 0) is 0 Å². The molecule has 0 saturated carbocycles. The maximum atomic E-state index is 3.90. The topological polar surface area (TPSA) is 0 Å². The molecule has 0 bridgehead atoms. The van der Waals surface area contributed by atoms with Gasteiger partial charge >= 0.3 is 0 Å². The third-order valence-corrected chi connectivity index (χ3v) is 5.22. The van der Waals surface area contributed by atoms with Crippen molar-refractivity contribution in [2.45, 2.75) is 39.3 Å². The molecule has 0 saturated heterocycles. The van der Waals surface area contributed by atoms with E-state index in [4.69, 9.17) is 0 Å². The molecule has 0 amide bonds.